The van der Waals surface area contributed by atoms with Crippen LogP contribution >= 0.6 is 0 Å². The van der Waals surface area contributed by atoms with E-state index in [1.807, 2.05) is 48.0 Å². The summed E-state index contributed by atoms with van der Waals surface area (Å²) in [7, 11) is 0. The van der Waals surface area contributed by atoms with E-state index in [2.05, 4.69) is 24.2 Å². The van der Waals surface area contributed by atoms with E-state index in [1.165, 1.54) is 6.21 Å². The van der Waals surface area contributed by atoms with Crippen LogP contribution in [0.25, 0.3) is 0 Å². The van der Waals surface area contributed by atoms with E-state index in [4.69, 9.17) is 0 Å². The fourth-order valence-electron chi connectivity index (χ4n) is 0.278. The van der Waals surface area contributed by atoms with Gasteiger partial charge in [0, 0.05) is 38.4 Å². The molecule has 0 heterocycles. The first-order valence-electron chi connectivity index (χ1n) is 5.08. The molecule has 0 unspecified atom stereocenters. The Bertz CT molecular complexity index is 149. The number of rotatable bonds is 3. The summed E-state index contributed by atoms with van der Waals surface area (Å²) in [5, 5.41) is 0. The minimum absolute atomic E-state index is 0. The van der Waals surface area contributed by atoms with E-state index in [-0.39, 0.29) is 32.7 Å². The van der Waals surface area contributed by atoms with Crippen molar-refractivity contribution in [2.75, 3.05) is 0 Å². The smallest absolute Gasteiger partial charge is 0.0322 e. The molecule has 0 aromatic heterocycles. The topological polar surface area (TPSA) is 12.4 Å². The first-order chi connectivity index (χ1) is 6.59. The van der Waals surface area contributed by atoms with Crippen molar-refractivity contribution >= 4 is 6.21 Å². The van der Waals surface area contributed by atoms with Crippen molar-refractivity contribution in [2.45, 2.75) is 41.5 Å². The minimum atomic E-state index is 0. The third-order valence-electron chi connectivity index (χ3n) is 0.988. The maximum absolute atomic E-state index is 3.95. The number of hydrogen-bond acceptors (Lipinski definition) is 1. The molecule has 2 heteroatoms. The minimum Gasteiger partial charge on any atom is -0.461 e. The third-order valence-corrected chi connectivity index (χ3v) is 0.988. The fraction of sp³-hybridized carbons (Fsp3) is 0.538. The summed E-state index contributed by atoms with van der Waals surface area (Å²) in [6.45, 7) is 19.2. The van der Waals surface area contributed by atoms with Crippen LogP contribution < -0.4 is 0 Å². The summed E-state index contributed by atoms with van der Waals surface area (Å²) < 4.78 is 0. The largest absolute Gasteiger partial charge is 0.461 e. The number of allylic oxidation sites excluding steroid dienone is 2. The molecule has 0 amide bonds. The molecular formula is C13H25NY-2. The van der Waals surface area contributed by atoms with Crippen LogP contribution in [0, 0.1) is 18.4 Å². The van der Waals surface area contributed by atoms with Crippen LogP contribution in [0.3, 0.4) is 0 Å². The van der Waals surface area contributed by atoms with Crippen LogP contribution in [0.4, 0.5) is 0 Å². The van der Waals surface area contributed by atoms with Crippen LogP contribution in [-0.4, -0.2) is 6.21 Å². The predicted molar refractivity (Wildman–Crippen MR) is 68.3 cm³/mol. The van der Waals surface area contributed by atoms with Crippen LogP contribution in [0.2, 0.25) is 0 Å². The van der Waals surface area contributed by atoms with Crippen molar-refractivity contribution in [1.82, 2.24) is 0 Å². The SMILES string of the molecule is C=[C-]C=NC(=C)C(C)C.CC.C[CH-]C.[Y]. The second kappa shape index (κ2) is 23.8. The summed E-state index contributed by atoms with van der Waals surface area (Å²) >= 11 is 0. The fourth-order valence-corrected chi connectivity index (χ4v) is 0.278. The maximum atomic E-state index is 3.95. The predicted octanol–water partition coefficient (Wildman–Crippen LogP) is 4.47. The van der Waals surface area contributed by atoms with E-state index in [1.54, 1.807) is 0 Å². The van der Waals surface area contributed by atoms with Gasteiger partial charge in [-0.25, -0.2) is 0 Å². The van der Waals surface area contributed by atoms with Crippen molar-refractivity contribution in [3.63, 3.8) is 0 Å². The number of nitrogens with zero attached hydrogens (tertiary/aromatic N) is 1. The van der Waals surface area contributed by atoms with Crippen molar-refractivity contribution < 1.29 is 32.7 Å². The number of hydrogen-bond donors (Lipinski definition) is 0. The third kappa shape index (κ3) is 31.4. The molecule has 0 aromatic carbocycles. The van der Waals surface area contributed by atoms with Crippen molar-refractivity contribution in [2.24, 2.45) is 10.9 Å². The molecule has 15 heavy (non-hydrogen) atoms. The van der Waals surface area contributed by atoms with Crippen LogP contribution in [0.5, 0.6) is 0 Å². The van der Waals surface area contributed by atoms with E-state index < -0.39 is 0 Å². The van der Waals surface area contributed by atoms with Crippen molar-refractivity contribution in [3.05, 3.63) is 31.4 Å². The van der Waals surface area contributed by atoms with Crippen LogP contribution in [-0.2, 0) is 32.7 Å². The molecule has 0 aliphatic carbocycles. The Hall–Kier alpha value is 0.254. The van der Waals surface area contributed by atoms with E-state index in [0.717, 1.165) is 5.70 Å². The molecule has 0 spiro atoms. The van der Waals surface area contributed by atoms with Gasteiger partial charge in [0.05, 0.1) is 0 Å². The molecule has 0 saturated heterocycles. The zero-order chi connectivity index (χ0) is 12.0. The van der Waals surface area contributed by atoms with Crippen molar-refractivity contribution in [1.29, 1.82) is 0 Å². The second-order valence-corrected chi connectivity index (χ2v) is 2.69. The molecule has 0 saturated carbocycles. The van der Waals surface area contributed by atoms with Gasteiger partial charge in [-0.1, -0.05) is 34.3 Å². The molecule has 87 valence electrons. The zero-order valence-electron chi connectivity index (χ0n) is 11.2. The monoisotopic (exact) mass is 284 g/mol. The Labute approximate surface area is 122 Å². The molecule has 0 N–H and O–H groups in total. The van der Waals surface area contributed by atoms with E-state index >= 15 is 0 Å². The number of aliphatic imine (C=N–C) groups is 1. The first kappa shape index (κ1) is 24.5. The normalized spacial score (nSPS) is 7.93. The molecule has 0 atom stereocenters. The van der Waals surface area contributed by atoms with Gasteiger partial charge < -0.3 is 12.5 Å². The maximum Gasteiger partial charge on any atom is 0.0322 e. The Morgan fingerprint density at radius 2 is 1.67 bits per heavy atom. The first-order valence-corrected chi connectivity index (χ1v) is 5.08. The molecule has 1 radical (unpaired) electrons. The molecule has 0 fully saturated rings. The second-order valence-electron chi connectivity index (χ2n) is 2.69. The van der Waals surface area contributed by atoms with Crippen LogP contribution in [0.15, 0.2) is 23.8 Å². The van der Waals surface area contributed by atoms with Gasteiger partial charge in [0.15, 0.2) is 0 Å². The summed E-state index contributed by atoms with van der Waals surface area (Å²) in [4.78, 5) is 3.95. The quantitative estimate of drug-likeness (QED) is 0.535. The van der Waals surface area contributed by atoms with Gasteiger partial charge in [-0.3, -0.25) is 11.6 Å². The van der Waals surface area contributed by atoms with Crippen molar-refractivity contribution in [3.8, 4) is 0 Å². The van der Waals surface area contributed by atoms with Crippen LogP contribution in [0.1, 0.15) is 41.5 Å². The molecule has 0 rings (SSSR count). The Morgan fingerprint density at radius 3 is 1.87 bits per heavy atom. The van der Waals surface area contributed by atoms with Gasteiger partial charge in [-0.2, -0.15) is 20.1 Å². The van der Waals surface area contributed by atoms with Gasteiger partial charge in [-0.05, 0) is 5.92 Å². The Kier molecular flexibility index (Phi) is 38.9. The molecule has 0 bridgehead atoms. The molecule has 0 aromatic rings. The zero-order valence-corrected chi connectivity index (χ0v) is 14.0. The van der Waals surface area contributed by atoms with Gasteiger partial charge in [0.1, 0.15) is 0 Å². The molecule has 1 nitrogen and oxygen atoms in total. The average Bonchev–Trinajstić information content (AvgIpc) is 2.18. The van der Waals surface area contributed by atoms with Gasteiger partial charge in [-0.15, -0.1) is 0 Å². The summed E-state index contributed by atoms with van der Waals surface area (Å²) in [6.07, 6.45) is 6.08. The molecule has 0 aliphatic rings. The Balaban J connectivity index is -0.0000000867. The van der Waals surface area contributed by atoms with Gasteiger partial charge in [0.2, 0.25) is 0 Å². The summed E-state index contributed by atoms with van der Waals surface area (Å²) in [6, 6.07) is 0. The summed E-state index contributed by atoms with van der Waals surface area (Å²) in [5.74, 6) is 0.412. The average molecular weight is 284 g/mol. The van der Waals surface area contributed by atoms with Gasteiger partial charge in [0.25, 0.3) is 0 Å². The van der Waals surface area contributed by atoms with E-state index in [9.17, 15) is 0 Å². The standard InChI is InChI=1S/C8H12N.C3H7.C2H6.Y/c1-5-6-9-8(4)7(2)3;1-3-2;1-2;/h6-7H,1,4H2,2-3H3;3H,1-2H3;1-2H3;/q2*-1;;. The Morgan fingerprint density at radius 1 is 1.33 bits per heavy atom. The van der Waals surface area contributed by atoms with E-state index in [0.29, 0.717) is 5.92 Å². The molecular weight excluding hydrogens is 259 g/mol. The molecule has 0 aliphatic heterocycles. The van der Waals surface area contributed by atoms with Gasteiger partial charge >= 0.3 is 0 Å². The summed E-state index contributed by atoms with van der Waals surface area (Å²) in [5.41, 5.74) is 0.867.